The Morgan fingerprint density at radius 1 is 1.41 bits per heavy atom. The molecule has 3 N–H and O–H groups in total. The van der Waals surface area contributed by atoms with E-state index < -0.39 is 0 Å². The first kappa shape index (κ1) is 18.7. The molecule has 1 saturated heterocycles. The van der Waals surface area contributed by atoms with Crippen molar-refractivity contribution in [2.75, 3.05) is 19.6 Å². The van der Waals surface area contributed by atoms with Crippen LogP contribution >= 0.6 is 24.8 Å². The summed E-state index contributed by atoms with van der Waals surface area (Å²) < 4.78 is 1.90. The summed E-state index contributed by atoms with van der Waals surface area (Å²) in [7, 11) is 0. The standard InChI is InChI=1S/C14H18N4O2.2ClH/c19-12-8-15-6-10(12)7-16-14(20)5-11-9-18-4-2-1-3-13(18)17-11;;/h1-4,9-10,12,15,19H,5-8H2,(H,16,20);2*1H. The van der Waals surface area contributed by atoms with Crippen LogP contribution < -0.4 is 10.6 Å². The highest BCUT2D eigenvalue weighted by atomic mass is 35.5. The van der Waals surface area contributed by atoms with Crippen molar-refractivity contribution in [3.8, 4) is 0 Å². The van der Waals surface area contributed by atoms with E-state index >= 15 is 0 Å². The molecular weight excluding hydrogens is 327 g/mol. The van der Waals surface area contributed by atoms with Crippen molar-refractivity contribution in [1.29, 1.82) is 0 Å². The average Bonchev–Trinajstić information content (AvgIpc) is 3.01. The lowest BCUT2D eigenvalue weighted by Gasteiger charge is -2.13. The molecule has 6 nitrogen and oxygen atoms in total. The van der Waals surface area contributed by atoms with Crippen molar-refractivity contribution in [3.63, 3.8) is 0 Å². The topological polar surface area (TPSA) is 78.7 Å². The number of rotatable bonds is 4. The van der Waals surface area contributed by atoms with E-state index in [9.17, 15) is 9.90 Å². The van der Waals surface area contributed by atoms with E-state index in [1.807, 2.05) is 35.0 Å². The number of hydrogen-bond acceptors (Lipinski definition) is 4. The molecule has 0 aromatic carbocycles. The van der Waals surface area contributed by atoms with E-state index in [0.717, 1.165) is 17.9 Å². The molecule has 1 aliphatic rings. The van der Waals surface area contributed by atoms with E-state index in [4.69, 9.17) is 0 Å². The Hall–Kier alpha value is -1.34. The second kappa shape index (κ2) is 8.33. The van der Waals surface area contributed by atoms with E-state index in [-0.39, 0.29) is 49.2 Å². The molecule has 0 radical (unpaired) electrons. The molecule has 2 unspecified atom stereocenters. The number of carbonyl (C=O) groups is 1. The molecule has 1 amide bonds. The largest absolute Gasteiger partial charge is 0.391 e. The van der Waals surface area contributed by atoms with Gasteiger partial charge in [0.25, 0.3) is 0 Å². The number of carbonyl (C=O) groups excluding carboxylic acids is 1. The van der Waals surface area contributed by atoms with E-state index in [1.165, 1.54) is 0 Å². The second-order valence-electron chi connectivity index (χ2n) is 5.16. The number of nitrogens with one attached hydrogen (secondary N) is 2. The molecule has 1 aliphatic heterocycles. The monoisotopic (exact) mass is 346 g/mol. The first-order valence-electron chi connectivity index (χ1n) is 6.80. The van der Waals surface area contributed by atoms with Gasteiger partial charge in [0.15, 0.2) is 0 Å². The molecule has 22 heavy (non-hydrogen) atoms. The van der Waals surface area contributed by atoms with Crippen molar-refractivity contribution in [2.24, 2.45) is 5.92 Å². The number of β-amino-alcohol motifs (C(OH)–C–C–N with tert-alkyl or cyclic N) is 1. The Labute approximate surface area is 141 Å². The first-order valence-corrected chi connectivity index (χ1v) is 6.80. The fourth-order valence-corrected chi connectivity index (χ4v) is 2.47. The van der Waals surface area contributed by atoms with Gasteiger partial charge in [-0.25, -0.2) is 4.98 Å². The van der Waals surface area contributed by atoms with Gasteiger partial charge in [0, 0.05) is 37.9 Å². The highest BCUT2D eigenvalue weighted by Crippen LogP contribution is 2.08. The summed E-state index contributed by atoms with van der Waals surface area (Å²) in [5.74, 6) is 0.0347. The fraction of sp³-hybridized carbons (Fsp3) is 0.429. The van der Waals surface area contributed by atoms with Crippen LogP contribution in [0.5, 0.6) is 0 Å². The number of aromatic nitrogens is 2. The summed E-state index contributed by atoms with van der Waals surface area (Å²) in [5.41, 5.74) is 1.59. The molecule has 0 spiro atoms. The molecule has 3 rings (SSSR count). The van der Waals surface area contributed by atoms with Gasteiger partial charge in [-0.3, -0.25) is 4.79 Å². The third-order valence-corrected chi connectivity index (χ3v) is 3.62. The van der Waals surface area contributed by atoms with Crippen molar-refractivity contribution in [3.05, 3.63) is 36.3 Å². The smallest absolute Gasteiger partial charge is 0.226 e. The second-order valence-corrected chi connectivity index (χ2v) is 5.16. The molecule has 2 aromatic rings. The Kier molecular flexibility index (Phi) is 7.09. The van der Waals surface area contributed by atoms with Crippen molar-refractivity contribution < 1.29 is 9.90 Å². The maximum absolute atomic E-state index is 11.9. The quantitative estimate of drug-likeness (QED) is 0.749. The van der Waals surface area contributed by atoms with E-state index in [0.29, 0.717) is 13.1 Å². The van der Waals surface area contributed by atoms with Gasteiger partial charge in [-0.05, 0) is 12.1 Å². The van der Waals surface area contributed by atoms with Gasteiger partial charge in [-0.2, -0.15) is 0 Å². The summed E-state index contributed by atoms with van der Waals surface area (Å²) in [6.07, 6.45) is 3.66. The molecule has 1 fully saturated rings. The fourth-order valence-electron chi connectivity index (χ4n) is 2.47. The number of imidazole rings is 1. The summed E-state index contributed by atoms with van der Waals surface area (Å²) in [6.45, 7) is 1.85. The van der Waals surface area contributed by atoms with Crippen LogP contribution in [0.1, 0.15) is 5.69 Å². The number of nitrogens with zero attached hydrogens (tertiary/aromatic N) is 2. The molecule has 0 bridgehead atoms. The zero-order valence-electron chi connectivity index (χ0n) is 11.9. The number of amides is 1. The van der Waals surface area contributed by atoms with Gasteiger partial charge in [0.2, 0.25) is 5.91 Å². The maximum atomic E-state index is 11.9. The van der Waals surface area contributed by atoms with Gasteiger partial charge in [0.05, 0.1) is 18.2 Å². The van der Waals surface area contributed by atoms with Crippen molar-refractivity contribution >= 4 is 36.4 Å². The van der Waals surface area contributed by atoms with Crippen LogP contribution in [0.2, 0.25) is 0 Å². The normalized spacial score (nSPS) is 20.2. The molecule has 8 heteroatoms. The van der Waals surface area contributed by atoms with Gasteiger partial charge in [-0.1, -0.05) is 6.07 Å². The van der Waals surface area contributed by atoms with Gasteiger partial charge in [0.1, 0.15) is 5.65 Å². The van der Waals surface area contributed by atoms with Gasteiger partial charge < -0.3 is 20.1 Å². The van der Waals surface area contributed by atoms with E-state index in [1.54, 1.807) is 0 Å². The number of hydrogen-bond donors (Lipinski definition) is 3. The summed E-state index contributed by atoms with van der Waals surface area (Å²) in [5, 5.41) is 15.6. The number of halogens is 2. The first-order chi connectivity index (χ1) is 9.72. The Morgan fingerprint density at radius 2 is 2.23 bits per heavy atom. The SMILES string of the molecule is Cl.Cl.O=C(Cc1cn2ccccc2n1)NCC1CNCC1O. The number of aliphatic hydroxyl groups excluding tert-OH is 1. The minimum Gasteiger partial charge on any atom is -0.391 e. The van der Waals surface area contributed by atoms with Crippen molar-refractivity contribution in [1.82, 2.24) is 20.0 Å². The lowest BCUT2D eigenvalue weighted by Crippen LogP contribution is -2.35. The predicted octanol–water partition coefficient (Wildman–Crippen LogP) is 0.417. The van der Waals surface area contributed by atoms with Gasteiger partial charge in [-0.15, -0.1) is 24.8 Å². The molecule has 2 atom stereocenters. The van der Waals surface area contributed by atoms with Crippen LogP contribution in [-0.4, -0.2) is 46.1 Å². The number of aliphatic hydroxyl groups is 1. The minimum atomic E-state index is -0.370. The third-order valence-electron chi connectivity index (χ3n) is 3.62. The third kappa shape index (κ3) is 4.33. The van der Waals surface area contributed by atoms with Crippen LogP contribution in [0.15, 0.2) is 30.6 Å². The molecular formula is C14H20Cl2N4O2. The van der Waals surface area contributed by atoms with Crippen molar-refractivity contribution in [2.45, 2.75) is 12.5 Å². The molecule has 122 valence electrons. The molecule has 2 aromatic heterocycles. The number of fused-ring (bicyclic) bond motifs is 1. The summed E-state index contributed by atoms with van der Waals surface area (Å²) in [6, 6.07) is 5.75. The summed E-state index contributed by atoms with van der Waals surface area (Å²) in [4.78, 5) is 16.3. The van der Waals surface area contributed by atoms with Crippen LogP contribution in [-0.2, 0) is 11.2 Å². The zero-order valence-corrected chi connectivity index (χ0v) is 13.6. The minimum absolute atomic E-state index is 0. The Balaban J connectivity index is 0.00000121. The molecule has 0 saturated carbocycles. The lowest BCUT2D eigenvalue weighted by atomic mass is 10.1. The number of pyridine rings is 1. The highest BCUT2D eigenvalue weighted by Gasteiger charge is 2.25. The molecule has 0 aliphatic carbocycles. The van der Waals surface area contributed by atoms with Crippen LogP contribution in [0.3, 0.4) is 0 Å². The van der Waals surface area contributed by atoms with Gasteiger partial charge >= 0.3 is 0 Å². The van der Waals surface area contributed by atoms with Crippen LogP contribution in [0.4, 0.5) is 0 Å². The summed E-state index contributed by atoms with van der Waals surface area (Å²) >= 11 is 0. The highest BCUT2D eigenvalue weighted by molar-refractivity contribution is 5.85. The Morgan fingerprint density at radius 3 is 2.91 bits per heavy atom. The van der Waals surface area contributed by atoms with E-state index in [2.05, 4.69) is 15.6 Å². The Bertz CT molecular complexity index is 587. The maximum Gasteiger partial charge on any atom is 0.226 e. The lowest BCUT2D eigenvalue weighted by molar-refractivity contribution is -0.120. The average molecular weight is 347 g/mol. The predicted molar refractivity (Wildman–Crippen MR) is 88.8 cm³/mol. The van der Waals surface area contributed by atoms with Crippen LogP contribution in [0.25, 0.3) is 5.65 Å². The van der Waals surface area contributed by atoms with Crippen LogP contribution in [0, 0.1) is 5.92 Å². The molecule has 3 heterocycles. The zero-order chi connectivity index (χ0) is 13.9.